The first-order valence-corrected chi connectivity index (χ1v) is 10.4. The maximum absolute atomic E-state index is 13.5. The van der Waals surface area contributed by atoms with Crippen LogP contribution in [0.3, 0.4) is 0 Å². The van der Waals surface area contributed by atoms with E-state index in [9.17, 15) is 9.18 Å². The summed E-state index contributed by atoms with van der Waals surface area (Å²) in [6.45, 7) is 6.13. The molecule has 0 bridgehead atoms. The third kappa shape index (κ3) is 5.85. The average molecular weight is 386 g/mol. The molecule has 5 heteroatoms. The normalized spacial score (nSPS) is 15.0. The summed E-state index contributed by atoms with van der Waals surface area (Å²) in [6.07, 6.45) is 7.83. The molecule has 0 atom stereocenters. The number of rotatable bonds is 7. The maximum atomic E-state index is 13.5. The van der Waals surface area contributed by atoms with Crippen LogP contribution in [0.1, 0.15) is 57.2 Å². The van der Waals surface area contributed by atoms with E-state index in [1.165, 1.54) is 25.3 Å². The van der Waals surface area contributed by atoms with Crippen molar-refractivity contribution in [1.29, 1.82) is 0 Å². The van der Waals surface area contributed by atoms with Gasteiger partial charge in [-0.1, -0.05) is 45.2 Å². The van der Waals surface area contributed by atoms with Crippen molar-refractivity contribution in [3.63, 3.8) is 0 Å². The number of carbonyl (C=O) groups excluding carboxylic acids is 1. The van der Waals surface area contributed by atoms with Crippen LogP contribution in [-0.4, -0.2) is 28.1 Å². The summed E-state index contributed by atoms with van der Waals surface area (Å²) < 4.78 is 15.6. The highest BCUT2D eigenvalue weighted by Gasteiger charge is 2.21. The molecule has 1 N–H and O–H groups in total. The van der Waals surface area contributed by atoms with E-state index in [4.69, 9.17) is 0 Å². The van der Waals surface area contributed by atoms with Crippen LogP contribution in [0.25, 0.3) is 0 Å². The van der Waals surface area contributed by atoms with E-state index < -0.39 is 0 Å². The Morgan fingerprint density at radius 1 is 1.21 bits per heavy atom. The Hall–Kier alpha value is -2.30. The van der Waals surface area contributed by atoms with Gasteiger partial charge in [-0.2, -0.15) is 0 Å². The summed E-state index contributed by atoms with van der Waals surface area (Å²) in [6, 6.07) is 11.0. The van der Waals surface area contributed by atoms with E-state index in [1.54, 1.807) is 12.1 Å². The molecule has 1 aromatic heterocycles. The maximum Gasteiger partial charge on any atom is 0.317 e. The monoisotopic (exact) mass is 385 g/mol. The molecule has 28 heavy (non-hydrogen) atoms. The number of hydrogen-bond donors (Lipinski definition) is 1. The number of nitrogens with one attached hydrogen (secondary N) is 1. The van der Waals surface area contributed by atoms with Gasteiger partial charge in [-0.3, -0.25) is 0 Å². The van der Waals surface area contributed by atoms with Crippen LogP contribution in [0, 0.1) is 11.7 Å². The van der Waals surface area contributed by atoms with Crippen molar-refractivity contribution in [3.05, 3.63) is 59.7 Å². The minimum atomic E-state index is -0.223. The highest BCUT2D eigenvalue weighted by Crippen LogP contribution is 2.18. The molecule has 0 aliphatic heterocycles. The van der Waals surface area contributed by atoms with Crippen LogP contribution >= 0.6 is 0 Å². The molecule has 1 aliphatic rings. The smallest absolute Gasteiger partial charge is 0.317 e. The Bertz CT molecular complexity index is 765. The second kappa shape index (κ2) is 9.76. The van der Waals surface area contributed by atoms with Crippen LogP contribution in [0.4, 0.5) is 9.18 Å². The number of aromatic nitrogens is 1. The zero-order chi connectivity index (χ0) is 19.9. The predicted molar refractivity (Wildman–Crippen MR) is 111 cm³/mol. The van der Waals surface area contributed by atoms with Gasteiger partial charge in [-0.15, -0.1) is 0 Å². The fourth-order valence-electron chi connectivity index (χ4n) is 3.95. The van der Waals surface area contributed by atoms with Crippen molar-refractivity contribution in [2.45, 2.75) is 65.1 Å². The van der Waals surface area contributed by atoms with Crippen molar-refractivity contribution >= 4 is 6.03 Å². The molecular weight excluding hydrogens is 353 g/mol. The van der Waals surface area contributed by atoms with E-state index in [-0.39, 0.29) is 11.8 Å². The lowest BCUT2D eigenvalue weighted by atomic mass is 9.96. The number of urea groups is 1. The van der Waals surface area contributed by atoms with Gasteiger partial charge in [0.1, 0.15) is 5.82 Å². The van der Waals surface area contributed by atoms with Gasteiger partial charge < -0.3 is 14.8 Å². The minimum Gasteiger partial charge on any atom is -0.345 e. The first-order valence-electron chi connectivity index (χ1n) is 10.4. The van der Waals surface area contributed by atoms with Gasteiger partial charge in [0, 0.05) is 31.0 Å². The molecule has 0 unspecified atom stereocenters. The molecule has 0 saturated heterocycles. The van der Waals surface area contributed by atoms with E-state index in [2.05, 4.69) is 23.7 Å². The number of halogens is 1. The Kier molecular flexibility index (Phi) is 7.12. The third-order valence-corrected chi connectivity index (χ3v) is 5.32. The Morgan fingerprint density at radius 2 is 2.00 bits per heavy atom. The summed E-state index contributed by atoms with van der Waals surface area (Å²) in [7, 11) is 0. The number of hydrogen-bond acceptors (Lipinski definition) is 1. The molecule has 0 radical (unpaired) electrons. The topological polar surface area (TPSA) is 37.3 Å². The number of carbonyl (C=O) groups is 1. The standard InChI is InChI=1S/C23H32FN3O/c1-18(2)15-27(23(28)25-21-10-4-3-5-11-21)17-22-12-7-13-26(22)16-19-8-6-9-20(24)14-19/h6-9,12-14,18,21H,3-5,10-11,15-17H2,1-2H3,(H,25,28). The van der Waals surface area contributed by atoms with Crippen LogP contribution in [-0.2, 0) is 13.1 Å². The molecule has 152 valence electrons. The van der Waals surface area contributed by atoms with Gasteiger partial charge in [-0.05, 0) is 48.6 Å². The summed E-state index contributed by atoms with van der Waals surface area (Å²) in [4.78, 5) is 14.9. The molecule has 1 aromatic carbocycles. The Labute approximate surface area is 167 Å². The van der Waals surface area contributed by atoms with Gasteiger partial charge >= 0.3 is 6.03 Å². The molecule has 2 amide bonds. The first kappa shape index (κ1) is 20.4. The summed E-state index contributed by atoms with van der Waals surface area (Å²) in [5.74, 6) is 0.170. The average Bonchev–Trinajstić information content (AvgIpc) is 3.08. The van der Waals surface area contributed by atoms with Crippen LogP contribution in [0.15, 0.2) is 42.6 Å². The molecule has 0 spiro atoms. The van der Waals surface area contributed by atoms with Gasteiger partial charge in [-0.25, -0.2) is 9.18 Å². The molecule has 1 saturated carbocycles. The number of nitrogens with zero attached hydrogens (tertiary/aromatic N) is 2. The second-order valence-corrected chi connectivity index (χ2v) is 8.32. The molecule has 1 fully saturated rings. The fourth-order valence-corrected chi connectivity index (χ4v) is 3.95. The van der Waals surface area contributed by atoms with Crippen molar-refractivity contribution in [2.24, 2.45) is 5.92 Å². The SMILES string of the molecule is CC(C)CN(Cc1cccn1Cc1cccc(F)c1)C(=O)NC1CCCCC1. The number of benzene rings is 1. The summed E-state index contributed by atoms with van der Waals surface area (Å²) in [5.41, 5.74) is 1.98. The predicted octanol–water partition coefficient (Wildman–Crippen LogP) is 5.18. The van der Waals surface area contributed by atoms with E-state index in [1.807, 2.05) is 29.3 Å². The van der Waals surface area contributed by atoms with Gasteiger partial charge in [0.2, 0.25) is 0 Å². The van der Waals surface area contributed by atoms with Crippen LogP contribution in [0.2, 0.25) is 0 Å². The fraction of sp³-hybridized carbons (Fsp3) is 0.522. The lowest BCUT2D eigenvalue weighted by molar-refractivity contribution is 0.179. The molecule has 2 aromatic rings. The lowest BCUT2D eigenvalue weighted by Crippen LogP contribution is -2.46. The highest BCUT2D eigenvalue weighted by molar-refractivity contribution is 5.74. The van der Waals surface area contributed by atoms with Crippen LogP contribution < -0.4 is 5.32 Å². The first-order chi connectivity index (χ1) is 13.5. The molecule has 1 aliphatic carbocycles. The van der Waals surface area contributed by atoms with Crippen molar-refractivity contribution < 1.29 is 9.18 Å². The van der Waals surface area contributed by atoms with Gasteiger partial charge in [0.05, 0.1) is 6.54 Å². The highest BCUT2D eigenvalue weighted by atomic mass is 19.1. The summed E-state index contributed by atoms with van der Waals surface area (Å²) in [5, 5.41) is 3.24. The van der Waals surface area contributed by atoms with Crippen LogP contribution in [0.5, 0.6) is 0 Å². The molecule has 4 nitrogen and oxygen atoms in total. The number of amides is 2. The Morgan fingerprint density at radius 3 is 2.71 bits per heavy atom. The minimum absolute atomic E-state index is 0.0269. The molecular formula is C23H32FN3O. The van der Waals surface area contributed by atoms with Crippen molar-refractivity contribution in [3.8, 4) is 0 Å². The quantitative estimate of drug-likeness (QED) is 0.701. The third-order valence-electron chi connectivity index (χ3n) is 5.32. The zero-order valence-corrected chi connectivity index (χ0v) is 17.0. The second-order valence-electron chi connectivity index (χ2n) is 8.32. The largest absolute Gasteiger partial charge is 0.345 e. The van der Waals surface area contributed by atoms with E-state index >= 15 is 0 Å². The summed E-state index contributed by atoms with van der Waals surface area (Å²) >= 11 is 0. The van der Waals surface area contributed by atoms with Gasteiger partial charge in [0.15, 0.2) is 0 Å². The van der Waals surface area contributed by atoms with E-state index in [0.717, 1.165) is 24.1 Å². The molecule has 3 rings (SSSR count). The van der Waals surface area contributed by atoms with E-state index in [0.29, 0.717) is 31.6 Å². The van der Waals surface area contributed by atoms with Crippen molar-refractivity contribution in [2.75, 3.05) is 6.54 Å². The molecule has 1 heterocycles. The van der Waals surface area contributed by atoms with Crippen molar-refractivity contribution in [1.82, 2.24) is 14.8 Å². The lowest BCUT2D eigenvalue weighted by Gasteiger charge is -2.29. The zero-order valence-electron chi connectivity index (χ0n) is 17.0. The Balaban J connectivity index is 1.68. The van der Waals surface area contributed by atoms with Gasteiger partial charge in [0.25, 0.3) is 0 Å².